The summed E-state index contributed by atoms with van der Waals surface area (Å²) in [7, 11) is 0. The monoisotopic (exact) mass is 336 g/mol. The fourth-order valence-corrected chi connectivity index (χ4v) is 3.78. The average molecular weight is 336 g/mol. The van der Waals surface area contributed by atoms with E-state index in [0.29, 0.717) is 11.6 Å². The minimum atomic E-state index is 0.0387. The van der Waals surface area contributed by atoms with Crippen LogP contribution in [0.3, 0.4) is 0 Å². The molecule has 0 unspecified atom stereocenters. The molecule has 1 aromatic heterocycles. The van der Waals surface area contributed by atoms with E-state index in [-0.39, 0.29) is 5.91 Å². The van der Waals surface area contributed by atoms with Crippen LogP contribution in [0.4, 0.5) is 11.6 Å². The van der Waals surface area contributed by atoms with Crippen LogP contribution in [0, 0.1) is 6.92 Å². The van der Waals surface area contributed by atoms with Crippen LogP contribution in [0.2, 0.25) is 0 Å². The van der Waals surface area contributed by atoms with Gasteiger partial charge in [-0.15, -0.1) is 0 Å². The highest BCUT2D eigenvalue weighted by Crippen LogP contribution is 2.31. The first-order valence-electron chi connectivity index (χ1n) is 9.23. The molecule has 130 valence electrons. The molecule has 0 N–H and O–H groups in total. The standard InChI is InChI=1S/C20H24N4O/c1-15-14-17(19(25)23-11-5-2-6-12-23)22-20(21-15)24-13-7-9-16-8-3-4-10-18(16)24/h3-4,8,10,14H,2,5-7,9,11-13H2,1H3. The molecule has 0 radical (unpaired) electrons. The van der Waals surface area contributed by atoms with E-state index in [0.717, 1.165) is 56.7 Å². The van der Waals surface area contributed by atoms with Gasteiger partial charge in [0.15, 0.2) is 0 Å². The van der Waals surface area contributed by atoms with Crippen molar-refractivity contribution in [3.8, 4) is 0 Å². The fourth-order valence-electron chi connectivity index (χ4n) is 3.78. The molecule has 0 saturated carbocycles. The Morgan fingerprint density at radius 3 is 2.64 bits per heavy atom. The van der Waals surface area contributed by atoms with Crippen LogP contribution in [0.5, 0.6) is 0 Å². The number of hydrogen-bond donors (Lipinski definition) is 0. The van der Waals surface area contributed by atoms with Gasteiger partial charge < -0.3 is 9.80 Å². The molecule has 1 aromatic carbocycles. The number of piperidine rings is 1. The Bertz CT molecular complexity index is 783. The maximum absolute atomic E-state index is 12.8. The van der Waals surface area contributed by atoms with Crippen LogP contribution in [0.25, 0.3) is 0 Å². The SMILES string of the molecule is Cc1cc(C(=O)N2CCCCC2)nc(N2CCCc3ccccc32)n1. The number of nitrogens with zero attached hydrogens (tertiary/aromatic N) is 4. The van der Waals surface area contributed by atoms with Gasteiger partial charge in [-0.2, -0.15) is 0 Å². The van der Waals surface area contributed by atoms with Crippen molar-refractivity contribution >= 4 is 17.5 Å². The summed E-state index contributed by atoms with van der Waals surface area (Å²) in [5.74, 6) is 0.684. The van der Waals surface area contributed by atoms with Crippen molar-refractivity contribution in [1.82, 2.24) is 14.9 Å². The predicted molar refractivity (Wildman–Crippen MR) is 98.3 cm³/mol. The Hall–Kier alpha value is -2.43. The lowest BCUT2D eigenvalue weighted by Crippen LogP contribution is -2.36. The van der Waals surface area contributed by atoms with E-state index in [1.165, 1.54) is 12.0 Å². The Kier molecular flexibility index (Phi) is 4.38. The summed E-state index contributed by atoms with van der Waals surface area (Å²) in [6, 6.07) is 10.2. The molecule has 1 fully saturated rings. The van der Waals surface area contributed by atoms with E-state index in [9.17, 15) is 4.79 Å². The third kappa shape index (κ3) is 3.23. The maximum atomic E-state index is 12.8. The van der Waals surface area contributed by atoms with E-state index in [4.69, 9.17) is 0 Å². The lowest BCUT2D eigenvalue weighted by Gasteiger charge is -2.30. The molecule has 0 bridgehead atoms. The zero-order valence-electron chi connectivity index (χ0n) is 14.7. The quantitative estimate of drug-likeness (QED) is 0.842. The summed E-state index contributed by atoms with van der Waals surface area (Å²) in [6.07, 6.45) is 5.54. The Labute approximate surface area is 148 Å². The van der Waals surface area contributed by atoms with E-state index in [1.54, 1.807) is 0 Å². The molecule has 3 heterocycles. The van der Waals surface area contributed by atoms with Crippen LogP contribution < -0.4 is 4.90 Å². The van der Waals surface area contributed by atoms with Crippen molar-refractivity contribution in [3.05, 3.63) is 47.3 Å². The topological polar surface area (TPSA) is 49.3 Å². The van der Waals surface area contributed by atoms with Gasteiger partial charge in [0.25, 0.3) is 5.91 Å². The van der Waals surface area contributed by atoms with Gasteiger partial charge in [-0.1, -0.05) is 18.2 Å². The first kappa shape index (κ1) is 16.1. The van der Waals surface area contributed by atoms with Crippen molar-refractivity contribution in [1.29, 1.82) is 0 Å². The van der Waals surface area contributed by atoms with Crippen molar-refractivity contribution < 1.29 is 4.79 Å². The number of aryl methyl sites for hydroxylation is 2. The molecular formula is C20H24N4O. The summed E-state index contributed by atoms with van der Waals surface area (Å²) in [6.45, 7) is 4.50. The van der Waals surface area contributed by atoms with Gasteiger partial charge in [-0.05, 0) is 56.7 Å². The lowest BCUT2D eigenvalue weighted by molar-refractivity contribution is 0.0718. The number of aromatic nitrogens is 2. The molecule has 0 aliphatic carbocycles. The highest BCUT2D eigenvalue weighted by molar-refractivity contribution is 5.92. The number of anilines is 2. The third-order valence-electron chi connectivity index (χ3n) is 5.06. The van der Waals surface area contributed by atoms with Crippen molar-refractivity contribution in [2.24, 2.45) is 0 Å². The number of amides is 1. The van der Waals surface area contributed by atoms with Gasteiger partial charge in [0.2, 0.25) is 5.95 Å². The van der Waals surface area contributed by atoms with Gasteiger partial charge in [-0.3, -0.25) is 4.79 Å². The van der Waals surface area contributed by atoms with Crippen LogP contribution in [0.1, 0.15) is 47.4 Å². The Morgan fingerprint density at radius 1 is 1.00 bits per heavy atom. The van der Waals surface area contributed by atoms with E-state index < -0.39 is 0 Å². The third-order valence-corrected chi connectivity index (χ3v) is 5.06. The van der Waals surface area contributed by atoms with E-state index in [1.807, 2.05) is 24.0 Å². The summed E-state index contributed by atoms with van der Waals surface area (Å²) in [5.41, 5.74) is 3.85. The van der Waals surface area contributed by atoms with Gasteiger partial charge in [0.1, 0.15) is 5.69 Å². The average Bonchev–Trinajstić information content (AvgIpc) is 2.67. The highest BCUT2D eigenvalue weighted by Gasteiger charge is 2.24. The van der Waals surface area contributed by atoms with Crippen molar-refractivity contribution in [2.45, 2.75) is 39.0 Å². The second kappa shape index (κ2) is 6.82. The number of likely N-dealkylation sites (tertiary alicyclic amines) is 1. The zero-order chi connectivity index (χ0) is 17.2. The van der Waals surface area contributed by atoms with Crippen LogP contribution in [0.15, 0.2) is 30.3 Å². The Morgan fingerprint density at radius 2 is 1.80 bits per heavy atom. The summed E-state index contributed by atoms with van der Waals surface area (Å²) in [4.78, 5) is 26.2. The molecular weight excluding hydrogens is 312 g/mol. The molecule has 5 heteroatoms. The second-order valence-electron chi connectivity index (χ2n) is 6.93. The van der Waals surface area contributed by atoms with Crippen molar-refractivity contribution in [3.63, 3.8) is 0 Å². The number of carbonyl (C=O) groups excluding carboxylic acids is 1. The normalized spacial score (nSPS) is 17.3. The smallest absolute Gasteiger partial charge is 0.272 e. The van der Waals surface area contributed by atoms with Gasteiger partial charge in [0.05, 0.1) is 0 Å². The summed E-state index contributed by atoms with van der Waals surface area (Å²) < 4.78 is 0. The van der Waals surface area contributed by atoms with Crippen LogP contribution in [-0.4, -0.2) is 40.4 Å². The molecule has 2 aliphatic rings. The first-order chi connectivity index (χ1) is 12.2. The zero-order valence-corrected chi connectivity index (χ0v) is 14.7. The summed E-state index contributed by atoms with van der Waals surface area (Å²) in [5, 5.41) is 0. The molecule has 25 heavy (non-hydrogen) atoms. The van der Waals surface area contributed by atoms with Gasteiger partial charge in [-0.25, -0.2) is 9.97 Å². The van der Waals surface area contributed by atoms with Gasteiger partial charge >= 0.3 is 0 Å². The van der Waals surface area contributed by atoms with Crippen LogP contribution >= 0.6 is 0 Å². The molecule has 1 amide bonds. The molecule has 4 rings (SSSR count). The number of rotatable bonds is 2. The largest absolute Gasteiger partial charge is 0.337 e. The molecule has 2 aromatic rings. The van der Waals surface area contributed by atoms with E-state index >= 15 is 0 Å². The molecule has 0 atom stereocenters. The number of para-hydroxylation sites is 1. The molecule has 0 spiro atoms. The molecule has 1 saturated heterocycles. The minimum absolute atomic E-state index is 0.0387. The molecule has 5 nitrogen and oxygen atoms in total. The highest BCUT2D eigenvalue weighted by atomic mass is 16.2. The summed E-state index contributed by atoms with van der Waals surface area (Å²) >= 11 is 0. The predicted octanol–water partition coefficient (Wildman–Crippen LogP) is 3.50. The fraction of sp³-hybridized carbons (Fsp3) is 0.450. The van der Waals surface area contributed by atoms with E-state index in [2.05, 4.69) is 33.1 Å². The minimum Gasteiger partial charge on any atom is -0.337 e. The van der Waals surface area contributed by atoms with Crippen LogP contribution in [-0.2, 0) is 6.42 Å². The number of carbonyl (C=O) groups is 1. The Balaban J connectivity index is 1.68. The first-order valence-corrected chi connectivity index (χ1v) is 9.23. The number of benzene rings is 1. The number of hydrogen-bond acceptors (Lipinski definition) is 4. The molecule has 2 aliphatic heterocycles. The lowest BCUT2D eigenvalue weighted by atomic mass is 10.0. The number of fused-ring (bicyclic) bond motifs is 1. The maximum Gasteiger partial charge on any atom is 0.272 e. The van der Waals surface area contributed by atoms with Crippen molar-refractivity contribution in [2.75, 3.05) is 24.5 Å². The van der Waals surface area contributed by atoms with Gasteiger partial charge in [0, 0.05) is 31.0 Å². The second-order valence-corrected chi connectivity index (χ2v) is 6.93.